The largest absolute Gasteiger partial charge is 0.286 e. The minimum absolute atomic E-state index is 0.180. The third kappa shape index (κ3) is 2.08. The molecule has 0 N–H and O–H groups in total. The Labute approximate surface area is 120 Å². The number of rotatable bonds is 2. The fourth-order valence-electron chi connectivity index (χ4n) is 1.82. The predicted molar refractivity (Wildman–Crippen MR) is 73.9 cm³/mol. The van der Waals surface area contributed by atoms with Gasteiger partial charge in [-0.2, -0.15) is 0 Å². The summed E-state index contributed by atoms with van der Waals surface area (Å²) in [6.07, 6.45) is 0. The van der Waals surface area contributed by atoms with Crippen molar-refractivity contribution in [3.05, 3.63) is 45.3 Å². The van der Waals surface area contributed by atoms with Gasteiger partial charge in [0.05, 0.1) is 4.88 Å². The maximum Gasteiger partial charge on any atom is 0.223 e. The molecule has 1 aromatic carbocycles. The van der Waals surface area contributed by atoms with E-state index in [0.717, 1.165) is 10.1 Å². The molecule has 0 saturated heterocycles. The van der Waals surface area contributed by atoms with E-state index in [2.05, 4.69) is 26.2 Å². The van der Waals surface area contributed by atoms with Crippen molar-refractivity contribution in [3.8, 4) is 0 Å². The quantitative estimate of drug-likeness (QED) is 0.674. The van der Waals surface area contributed by atoms with Crippen molar-refractivity contribution < 1.29 is 9.18 Å². The number of hydrogen-bond acceptors (Lipinski definition) is 4. The number of carbonyl (C=O) groups excluding carboxylic acids is 1. The van der Waals surface area contributed by atoms with Gasteiger partial charge in [0.15, 0.2) is 4.60 Å². The Hall–Kier alpha value is -1.60. The van der Waals surface area contributed by atoms with Crippen LogP contribution in [0.2, 0.25) is 0 Å². The van der Waals surface area contributed by atoms with E-state index in [-0.39, 0.29) is 11.6 Å². The van der Waals surface area contributed by atoms with Gasteiger partial charge in [-0.1, -0.05) is 5.21 Å². The van der Waals surface area contributed by atoms with Crippen molar-refractivity contribution in [1.82, 2.24) is 15.0 Å². The van der Waals surface area contributed by atoms with Crippen LogP contribution in [-0.2, 0) is 7.05 Å². The molecule has 0 fully saturated rings. The standard InChI is InChI=1S/C12H7BrFN3OS/c1-17-10(12(13)15-16-17)11(18)9-5-6-4-7(14)2-3-8(6)19-9/h2-5H,1H3. The normalized spacial score (nSPS) is 11.1. The molecule has 0 spiro atoms. The zero-order valence-electron chi connectivity index (χ0n) is 9.72. The fourth-order valence-corrected chi connectivity index (χ4v) is 3.31. The maximum atomic E-state index is 13.1. The fraction of sp³-hybridized carbons (Fsp3) is 0.0833. The van der Waals surface area contributed by atoms with Gasteiger partial charge in [0.2, 0.25) is 5.78 Å². The van der Waals surface area contributed by atoms with Crippen LogP contribution in [0, 0.1) is 5.82 Å². The SMILES string of the molecule is Cn1nnc(Br)c1C(=O)c1cc2cc(F)ccc2s1. The molecule has 0 bridgehead atoms. The summed E-state index contributed by atoms with van der Waals surface area (Å²) in [5.41, 5.74) is 0.382. The van der Waals surface area contributed by atoms with Crippen LogP contribution in [0.1, 0.15) is 15.4 Å². The van der Waals surface area contributed by atoms with Crippen LogP contribution >= 0.6 is 27.3 Å². The van der Waals surface area contributed by atoms with Gasteiger partial charge in [-0.15, -0.1) is 16.4 Å². The molecular weight excluding hydrogens is 333 g/mol. The Morgan fingerprint density at radius 1 is 1.42 bits per heavy atom. The van der Waals surface area contributed by atoms with Crippen molar-refractivity contribution in [2.75, 3.05) is 0 Å². The van der Waals surface area contributed by atoms with Crippen LogP contribution < -0.4 is 0 Å². The molecule has 0 amide bonds. The Bertz CT molecular complexity index is 776. The number of aromatic nitrogens is 3. The molecule has 3 rings (SSSR count). The molecule has 0 radical (unpaired) electrons. The highest BCUT2D eigenvalue weighted by atomic mass is 79.9. The Morgan fingerprint density at radius 2 is 2.21 bits per heavy atom. The second kappa shape index (κ2) is 4.50. The highest BCUT2D eigenvalue weighted by Crippen LogP contribution is 2.29. The van der Waals surface area contributed by atoms with Crippen LogP contribution in [0.4, 0.5) is 4.39 Å². The lowest BCUT2D eigenvalue weighted by Crippen LogP contribution is -2.07. The van der Waals surface area contributed by atoms with Gasteiger partial charge in [-0.25, -0.2) is 9.07 Å². The maximum absolute atomic E-state index is 13.1. The number of carbonyl (C=O) groups is 1. The molecular formula is C12H7BrFN3OS. The summed E-state index contributed by atoms with van der Waals surface area (Å²) in [5, 5.41) is 8.28. The number of ketones is 1. The summed E-state index contributed by atoms with van der Waals surface area (Å²) in [6.45, 7) is 0. The molecule has 96 valence electrons. The van der Waals surface area contributed by atoms with Crippen molar-refractivity contribution in [2.45, 2.75) is 0 Å². The Morgan fingerprint density at radius 3 is 2.89 bits per heavy atom. The van der Waals surface area contributed by atoms with Crippen LogP contribution in [0.3, 0.4) is 0 Å². The molecule has 0 atom stereocenters. The van der Waals surface area contributed by atoms with Crippen molar-refractivity contribution >= 4 is 43.1 Å². The lowest BCUT2D eigenvalue weighted by atomic mass is 10.2. The molecule has 0 unspecified atom stereocenters. The predicted octanol–water partition coefficient (Wildman–Crippen LogP) is 3.16. The summed E-state index contributed by atoms with van der Waals surface area (Å²) in [4.78, 5) is 12.9. The number of aryl methyl sites for hydroxylation is 1. The molecule has 19 heavy (non-hydrogen) atoms. The summed E-state index contributed by atoms with van der Waals surface area (Å²) >= 11 is 4.52. The highest BCUT2D eigenvalue weighted by molar-refractivity contribution is 9.10. The molecule has 0 saturated carbocycles. The molecule has 0 aliphatic heterocycles. The number of hydrogen-bond donors (Lipinski definition) is 0. The minimum Gasteiger partial charge on any atom is -0.286 e. The van der Waals surface area contributed by atoms with Gasteiger partial charge in [0.1, 0.15) is 11.5 Å². The first-order valence-electron chi connectivity index (χ1n) is 5.35. The number of fused-ring (bicyclic) bond motifs is 1. The average molecular weight is 340 g/mol. The average Bonchev–Trinajstić information content (AvgIpc) is 2.92. The zero-order valence-corrected chi connectivity index (χ0v) is 12.1. The molecule has 2 aromatic heterocycles. The van der Waals surface area contributed by atoms with Crippen molar-refractivity contribution in [2.24, 2.45) is 7.05 Å². The summed E-state index contributed by atoms with van der Waals surface area (Å²) in [6, 6.07) is 6.15. The molecule has 0 aliphatic rings. The lowest BCUT2D eigenvalue weighted by molar-refractivity contribution is 0.103. The first-order chi connectivity index (χ1) is 9.06. The van der Waals surface area contributed by atoms with E-state index in [9.17, 15) is 9.18 Å². The molecule has 7 heteroatoms. The lowest BCUT2D eigenvalue weighted by Gasteiger charge is -1.97. The summed E-state index contributed by atoms with van der Waals surface area (Å²) in [5.74, 6) is -0.492. The van der Waals surface area contributed by atoms with Gasteiger partial charge >= 0.3 is 0 Å². The number of halogens is 2. The third-order valence-corrected chi connectivity index (χ3v) is 4.35. The smallest absolute Gasteiger partial charge is 0.223 e. The third-order valence-electron chi connectivity index (χ3n) is 2.70. The van der Waals surface area contributed by atoms with E-state index in [0.29, 0.717) is 15.2 Å². The van der Waals surface area contributed by atoms with Crippen molar-refractivity contribution in [1.29, 1.82) is 0 Å². The Balaban J connectivity index is 2.12. The van der Waals surface area contributed by atoms with Gasteiger partial charge in [-0.05, 0) is 45.6 Å². The zero-order chi connectivity index (χ0) is 13.6. The van der Waals surface area contributed by atoms with Gasteiger partial charge in [-0.3, -0.25) is 4.79 Å². The highest BCUT2D eigenvalue weighted by Gasteiger charge is 2.20. The molecule has 2 heterocycles. The molecule has 4 nitrogen and oxygen atoms in total. The topological polar surface area (TPSA) is 47.8 Å². The van der Waals surface area contributed by atoms with E-state index in [1.54, 1.807) is 19.2 Å². The number of benzene rings is 1. The second-order valence-electron chi connectivity index (χ2n) is 3.97. The van der Waals surface area contributed by atoms with Crippen LogP contribution in [-0.4, -0.2) is 20.8 Å². The summed E-state index contributed by atoms with van der Waals surface area (Å²) < 4.78 is 15.8. The first kappa shape index (κ1) is 12.4. The summed E-state index contributed by atoms with van der Waals surface area (Å²) in [7, 11) is 1.65. The second-order valence-corrected chi connectivity index (χ2v) is 5.81. The first-order valence-corrected chi connectivity index (χ1v) is 6.96. The van der Waals surface area contributed by atoms with Gasteiger partial charge in [0, 0.05) is 11.7 Å². The monoisotopic (exact) mass is 339 g/mol. The molecule has 3 aromatic rings. The van der Waals surface area contributed by atoms with Crippen LogP contribution in [0.5, 0.6) is 0 Å². The van der Waals surface area contributed by atoms with E-state index in [4.69, 9.17) is 0 Å². The van der Waals surface area contributed by atoms with Crippen LogP contribution in [0.15, 0.2) is 28.9 Å². The number of nitrogens with zero attached hydrogens (tertiary/aromatic N) is 3. The van der Waals surface area contributed by atoms with E-state index in [1.165, 1.54) is 28.2 Å². The van der Waals surface area contributed by atoms with Crippen molar-refractivity contribution in [3.63, 3.8) is 0 Å². The van der Waals surface area contributed by atoms with Gasteiger partial charge < -0.3 is 0 Å². The van der Waals surface area contributed by atoms with E-state index in [1.807, 2.05) is 0 Å². The van der Waals surface area contributed by atoms with E-state index >= 15 is 0 Å². The Kier molecular flexibility index (Phi) is 2.94. The minimum atomic E-state index is -0.312. The van der Waals surface area contributed by atoms with Gasteiger partial charge in [0.25, 0.3) is 0 Å². The number of thiophene rings is 1. The van der Waals surface area contributed by atoms with Crippen LogP contribution in [0.25, 0.3) is 10.1 Å². The van der Waals surface area contributed by atoms with E-state index < -0.39 is 0 Å². The molecule has 0 aliphatic carbocycles.